The zero-order valence-electron chi connectivity index (χ0n) is 9.11. The molecule has 1 radical (unpaired) electrons. The molecule has 0 saturated heterocycles. The molecule has 1 unspecified atom stereocenters. The van der Waals surface area contributed by atoms with Crippen molar-refractivity contribution in [2.45, 2.75) is 12.3 Å². The Kier molecular flexibility index (Phi) is 2.74. The molecule has 0 heterocycles. The fraction of sp³-hybridized carbons (Fsp3) is 0.133. The zero-order valence-corrected chi connectivity index (χ0v) is 11.3. The summed E-state index contributed by atoms with van der Waals surface area (Å²) in [5, 5.41) is 0. The van der Waals surface area contributed by atoms with Crippen LogP contribution >= 0.6 is 22.6 Å². The van der Waals surface area contributed by atoms with E-state index in [9.17, 15) is 4.79 Å². The van der Waals surface area contributed by atoms with Crippen LogP contribution in [0.15, 0.2) is 42.5 Å². The van der Waals surface area contributed by atoms with Crippen molar-refractivity contribution in [2.24, 2.45) is 0 Å². The minimum Gasteiger partial charge on any atom is -0.291 e. The summed E-state index contributed by atoms with van der Waals surface area (Å²) in [7, 11) is 0. The van der Waals surface area contributed by atoms with E-state index in [1.807, 2.05) is 12.1 Å². The lowest BCUT2D eigenvalue weighted by atomic mass is 9.94. The number of carbonyl (C=O) groups excluding carboxylic acids is 1. The highest BCUT2D eigenvalue weighted by molar-refractivity contribution is 14.1. The highest BCUT2D eigenvalue weighted by atomic mass is 127. The number of hydrogen-bond donors (Lipinski definition) is 0. The van der Waals surface area contributed by atoms with Crippen LogP contribution in [0.1, 0.15) is 23.5 Å². The second-order valence-corrected chi connectivity index (χ2v) is 5.47. The highest BCUT2D eigenvalue weighted by Gasteiger charge is 2.27. The number of halogens is 1. The van der Waals surface area contributed by atoms with Crippen LogP contribution < -0.4 is 0 Å². The lowest BCUT2D eigenvalue weighted by Crippen LogP contribution is -1.97. The van der Waals surface area contributed by atoms with Gasteiger partial charge in [-0.25, -0.2) is 0 Å². The Morgan fingerprint density at radius 2 is 1.82 bits per heavy atom. The molecule has 0 aliphatic heterocycles. The molecule has 0 amide bonds. The van der Waals surface area contributed by atoms with E-state index in [0.29, 0.717) is 6.42 Å². The normalized spacial score (nSPS) is 16.4. The first-order valence-corrected chi connectivity index (χ1v) is 6.63. The molecule has 0 bridgehead atoms. The molecule has 2 heteroatoms. The van der Waals surface area contributed by atoms with E-state index in [2.05, 4.69) is 59.2 Å². The van der Waals surface area contributed by atoms with Crippen LogP contribution in [0.2, 0.25) is 0 Å². The smallest absolute Gasteiger partial charge is 0.199 e. The fourth-order valence-corrected chi connectivity index (χ4v) is 3.10. The second kappa shape index (κ2) is 4.26. The molecule has 1 aliphatic rings. The van der Waals surface area contributed by atoms with Crippen molar-refractivity contribution in [1.82, 2.24) is 0 Å². The summed E-state index contributed by atoms with van der Waals surface area (Å²) in [5.41, 5.74) is 5.05. The molecule has 0 fully saturated rings. The Bertz CT molecular complexity index is 589. The van der Waals surface area contributed by atoms with Crippen LogP contribution in [-0.2, 0) is 4.79 Å². The predicted octanol–water partition coefficient (Wildman–Crippen LogP) is 3.90. The molecule has 1 atom stereocenters. The lowest BCUT2D eigenvalue weighted by molar-refractivity contribution is 0.548. The first kappa shape index (κ1) is 11.0. The van der Waals surface area contributed by atoms with E-state index in [1.165, 1.54) is 25.8 Å². The van der Waals surface area contributed by atoms with E-state index in [-0.39, 0.29) is 5.92 Å². The third-order valence-corrected chi connectivity index (χ3v) is 3.97. The van der Waals surface area contributed by atoms with Crippen molar-refractivity contribution < 1.29 is 4.79 Å². The summed E-state index contributed by atoms with van der Waals surface area (Å²) >= 11 is 2.31. The van der Waals surface area contributed by atoms with E-state index >= 15 is 0 Å². The molecule has 1 nitrogen and oxygen atoms in total. The maximum Gasteiger partial charge on any atom is 0.199 e. The van der Waals surface area contributed by atoms with Gasteiger partial charge in [-0.2, -0.15) is 0 Å². The van der Waals surface area contributed by atoms with Gasteiger partial charge in [-0.1, -0.05) is 30.3 Å². The zero-order chi connectivity index (χ0) is 11.8. The van der Waals surface area contributed by atoms with Gasteiger partial charge < -0.3 is 0 Å². The third kappa shape index (κ3) is 1.71. The Balaban J connectivity index is 2.25. The minimum absolute atomic E-state index is 0.188. The molecular formula is C15H10IO. The quantitative estimate of drug-likeness (QED) is 0.762. The van der Waals surface area contributed by atoms with Crippen LogP contribution in [-0.4, -0.2) is 6.29 Å². The Morgan fingerprint density at radius 1 is 1.06 bits per heavy atom. The van der Waals surface area contributed by atoms with Gasteiger partial charge in [0.2, 0.25) is 0 Å². The Morgan fingerprint density at radius 3 is 2.65 bits per heavy atom. The Hall–Kier alpha value is -1.16. The maximum atomic E-state index is 10.7. The summed E-state index contributed by atoms with van der Waals surface area (Å²) in [6, 6.07) is 14.8. The van der Waals surface area contributed by atoms with Gasteiger partial charge in [-0.3, -0.25) is 4.79 Å². The van der Waals surface area contributed by atoms with Crippen LogP contribution in [0.25, 0.3) is 11.1 Å². The summed E-state index contributed by atoms with van der Waals surface area (Å²) < 4.78 is 1.21. The van der Waals surface area contributed by atoms with Gasteiger partial charge in [0.15, 0.2) is 6.29 Å². The van der Waals surface area contributed by atoms with Crippen LogP contribution in [0.5, 0.6) is 0 Å². The Labute approximate surface area is 114 Å². The first-order valence-electron chi connectivity index (χ1n) is 5.55. The highest BCUT2D eigenvalue weighted by Crippen LogP contribution is 2.46. The molecule has 0 N–H and O–H groups in total. The topological polar surface area (TPSA) is 17.1 Å². The van der Waals surface area contributed by atoms with Gasteiger partial charge in [-0.15, -0.1) is 0 Å². The van der Waals surface area contributed by atoms with E-state index < -0.39 is 0 Å². The van der Waals surface area contributed by atoms with Crippen molar-refractivity contribution in [2.75, 3.05) is 0 Å². The summed E-state index contributed by atoms with van der Waals surface area (Å²) in [4.78, 5) is 10.7. The molecule has 83 valence electrons. The number of hydrogen-bond acceptors (Lipinski definition) is 1. The molecule has 2 aromatic carbocycles. The average Bonchev–Trinajstić information content (AvgIpc) is 2.65. The van der Waals surface area contributed by atoms with Gasteiger partial charge in [0.05, 0.1) is 0 Å². The molecule has 1 aliphatic carbocycles. The standard InChI is InChI=1S/C15H10IO/c16-10-5-6-13-11-3-1-2-4-12(11)14(7-8-17)15(13)9-10/h1-6,9,14H,7H2. The van der Waals surface area contributed by atoms with Crippen molar-refractivity contribution in [1.29, 1.82) is 0 Å². The largest absolute Gasteiger partial charge is 0.291 e. The number of benzene rings is 2. The third-order valence-electron chi connectivity index (χ3n) is 3.30. The number of fused-ring (bicyclic) bond motifs is 3. The van der Waals surface area contributed by atoms with Crippen molar-refractivity contribution in [3.63, 3.8) is 0 Å². The monoisotopic (exact) mass is 333 g/mol. The number of rotatable bonds is 2. The van der Waals surface area contributed by atoms with Crippen molar-refractivity contribution in [3.05, 3.63) is 57.2 Å². The van der Waals surface area contributed by atoms with Gasteiger partial charge in [-0.05, 0) is 57.0 Å². The average molecular weight is 333 g/mol. The van der Waals surface area contributed by atoms with Crippen molar-refractivity contribution >= 4 is 28.9 Å². The molecule has 0 spiro atoms. The lowest BCUT2D eigenvalue weighted by Gasteiger charge is -2.09. The molecule has 2 aromatic rings. The van der Waals surface area contributed by atoms with Gasteiger partial charge >= 0.3 is 0 Å². The first-order chi connectivity index (χ1) is 8.31. The summed E-state index contributed by atoms with van der Waals surface area (Å²) in [6.07, 6.45) is 2.51. The van der Waals surface area contributed by atoms with Gasteiger partial charge in [0.25, 0.3) is 0 Å². The summed E-state index contributed by atoms with van der Waals surface area (Å²) in [6.45, 7) is 0. The molecule has 3 rings (SSSR count). The molecule has 0 saturated carbocycles. The minimum atomic E-state index is 0.188. The van der Waals surface area contributed by atoms with Crippen LogP contribution in [0, 0.1) is 3.57 Å². The van der Waals surface area contributed by atoms with Crippen molar-refractivity contribution in [3.8, 4) is 11.1 Å². The van der Waals surface area contributed by atoms with Crippen LogP contribution in [0.4, 0.5) is 0 Å². The summed E-state index contributed by atoms with van der Waals surface area (Å²) in [5.74, 6) is 0.188. The van der Waals surface area contributed by atoms with Gasteiger partial charge in [0, 0.05) is 15.9 Å². The van der Waals surface area contributed by atoms with Gasteiger partial charge in [0.1, 0.15) is 0 Å². The second-order valence-electron chi connectivity index (χ2n) is 4.22. The molecular weight excluding hydrogens is 323 g/mol. The molecule has 17 heavy (non-hydrogen) atoms. The van der Waals surface area contributed by atoms with Crippen LogP contribution in [0.3, 0.4) is 0 Å². The predicted molar refractivity (Wildman–Crippen MR) is 76.7 cm³/mol. The fourth-order valence-electron chi connectivity index (χ4n) is 2.58. The van der Waals surface area contributed by atoms with E-state index in [0.717, 1.165) is 0 Å². The SMILES string of the molecule is O=[C]CC1c2ccccc2-c2ccc(I)cc21. The molecule has 0 aromatic heterocycles. The maximum absolute atomic E-state index is 10.7. The van der Waals surface area contributed by atoms with E-state index in [4.69, 9.17) is 0 Å². The van der Waals surface area contributed by atoms with E-state index in [1.54, 1.807) is 0 Å².